The Bertz CT molecular complexity index is 516. The van der Waals surface area contributed by atoms with Gasteiger partial charge in [0.15, 0.2) is 0 Å². The zero-order valence-corrected chi connectivity index (χ0v) is 8.11. The number of hydrogen-bond donors (Lipinski definition) is 2. The van der Waals surface area contributed by atoms with Crippen LogP contribution in [0.1, 0.15) is 0 Å². The Labute approximate surface area is 90.1 Å². The minimum Gasteiger partial charge on any atom is -0.368 e. The molecule has 0 aliphatic rings. The molecule has 3 N–H and O–H groups in total. The quantitative estimate of drug-likeness (QED) is 0.816. The van der Waals surface area contributed by atoms with Crippen LogP contribution in [0.3, 0.4) is 0 Å². The van der Waals surface area contributed by atoms with Crippen LogP contribution in [0, 0.1) is 11.6 Å². The van der Waals surface area contributed by atoms with Crippen LogP contribution in [-0.4, -0.2) is 9.97 Å². The molecule has 0 unspecified atom stereocenters. The summed E-state index contributed by atoms with van der Waals surface area (Å²) in [6.07, 6.45) is 1.42. The van der Waals surface area contributed by atoms with Crippen molar-refractivity contribution in [3.8, 4) is 0 Å². The lowest BCUT2D eigenvalue weighted by molar-refractivity contribution is 0.603. The number of halogens is 2. The molecule has 2 aromatic rings. The molecule has 0 spiro atoms. The first-order valence-corrected chi connectivity index (χ1v) is 4.46. The molecule has 1 aromatic carbocycles. The van der Waals surface area contributed by atoms with Gasteiger partial charge in [-0.1, -0.05) is 0 Å². The van der Waals surface area contributed by atoms with E-state index in [0.29, 0.717) is 5.82 Å². The number of nitrogens with zero attached hydrogens (tertiary/aromatic N) is 2. The third kappa shape index (κ3) is 2.22. The van der Waals surface area contributed by atoms with Gasteiger partial charge in [-0.2, -0.15) is 4.98 Å². The molecule has 1 aromatic heterocycles. The predicted molar refractivity (Wildman–Crippen MR) is 56.1 cm³/mol. The minimum atomic E-state index is -0.571. The van der Waals surface area contributed by atoms with Crippen LogP contribution in [0.25, 0.3) is 0 Å². The third-order valence-electron chi connectivity index (χ3n) is 1.87. The highest BCUT2D eigenvalue weighted by molar-refractivity contribution is 5.57. The standard InChI is InChI=1S/C10H8F2N4/c11-6-1-2-7(12)8(5-6)15-9-3-4-14-10(13)16-9/h1-5H,(H3,13,14,15,16). The Morgan fingerprint density at radius 2 is 2.00 bits per heavy atom. The van der Waals surface area contributed by atoms with Crippen molar-refractivity contribution in [1.29, 1.82) is 0 Å². The van der Waals surface area contributed by atoms with E-state index in [4.69, 9.17) is 5.73 Å². The number of nitrogen functional groups attached to an aromatic ring is 1. The predicted octanol–water partition coefficient (Wildman–Crippen LogP) is 2.08. The van der Waals surface area contributed by atoms with Gasteiger partial charge in [-0.05, 0) is 18.2 Å². The molecular formula is C10H8F2N4. The van der Waals surface area contributed by atoms with Gasteiger partial charge in [0.25, 0.3) is 0 Å². The van der Waals surface area contributed by atoms with Crippen LogP contribution in [0.5, 0.6) is 0 Å². The van der Waals surface area contributed by atoms with Crippen molar-refractivity contribution in [2.45, 2.75) is 0 Å². The van der Waals surface area contributed by atoms with E-state index in [-0.39, 0.29) is 11.6 Å². The molecule has 0 bridgehead atoms. The zero-order chi connectivity index (χ0) is 11.5. The molecule has 82 valence electrons. The van der Waals surface area contributed by atoms with Crippen LogP contribution in [-0.2, 0) is 0 Å². The summed E-state index contributed by atoms with van der Waals surface area (Å²) in [5, 5.41) is 2.61. The number of aromatic nitrogens is 2. The van der Waals surface area contributed by atoms with Crippen LogP contribution >= 0.6 is 0 Å². The van der Waals surface area contributed by atoms with Gasteiger partial charge in [0.1, 0.15) is 17.5 Å². The van der Waals surface area contributed by atoms with Crippen molar-refractivity contribution < 1.29 is 8.78 Å². The maximum atomic E-state index is 13.3. The summed E-state index contributed by atoms with van der Waals surface area (Å²) in [7, 11) is 0. The lowest BCUT2D eigenvalue weighted by Gasteiger charge is -2.06. The average molecular weight is 222 g/mol. The molecule has 0 fully saturated rings. The first-order chi connectivity index (χ1) is 7.65. The van der Waals surface area contributed by atoms with Gasteiger partial charge >= 0.3 is 0 Å². The molecule has 2 rings (SSSR count). The molecule has 16 heavy (non-hydrogen) atoms. The van der Waals surface area contributed by atoms with Crippen LogP contribution < -0.4 is 11.1 Å². The fourth-order valence-electron chi connectivity index (χ4n) is 1.17. The Morgan fingerprint density at radius 3 is 2.75 bits per heavy atom. The summed E-state index contributed by atoms with van der Waals surface area (Å²) in [6.45, 7) is 0. The van der Waals surface area contributed by atoms with E-state index in [2.05, 4.69) is 15.3 Å². The van der Waals surface area contributed by atoms with Crippen molar-refractivity contribution in [2.75, 3.05) is 11.1 Å². The van der Waals surface area contributed by atoms with Crippen molar-refractivity contribution in [3.05, 3.63) is 42.1 Å². The number of anilines is 3. The van der Waals surface area contributed by atoms with Gasteiger partial charge in [-0.15, -0.1) is 0 Å². The summed E-state index contributed by atoms with van der Waals surface area (Å²) in [5.41, 5.74) is 5.35. The second-order valence-electron chi connectivity index (χ2n) is 3.05. The van der Waals surface area contributed by atoms with E-state index in [1.165, 1.54) is 12.3 Å². The lowest BCUT2D eigenvalue weighted by Crippen LogP contribution is -2.00. The molecule has 4 nitrogen and oxygen atoms in total. The van der Waals surface area contributed by atoms with E-state index in [9.17, 15) is 8.78 Å². The van der Waals surface area contributed by atoms with Crippen molar-refractivity contribution in [1.82, 2.24) is 9.97 Å². The first kappa shape index (κ1) is 10.3. The highest BCUT2D eigenvalue weighted by Gasteiger charge is 2.04. The SMILES string of the molecule is Nc1nccc(Nc2cc(F)ccc2F)n1. The van der Waals surface area contributed by atoms with Crippen molar-refractivity contribution >= 4 is 17.5 Å². The lowest BCUT2D eigenvalue weighted by atomic mass is 10.3. The second-order valence-corrected chi connectivity index (χ2v) is 3.05. The van der Waals surface area contributed by atoms with Crippen LogP contribution in [0.2, 0.25) is 0 Å². The van der Waals surface area contributed by atoms with Gasteiger partial charge in [-0.25, -0.2) is 13.8 Å². The largest absolute Gasteiger partial charge is 0.368 e. The van der Waals surface area contributed by atoms with Crippen LogP contribution in [0.15, 0.2) is 30.5 Å². The fourth-order valence-corrected chi connectivity index (χ4v) is 1.17. The molecule has 0 aliphatic heterocycles. The topological polar surface area (TPSA) is 63.8 Å². The van der Waals surface area contributed by atoms with E-state index in [0.717, 1.165) is 18.2 Å². The number of rotatable bonds is 2. The van der Waals surface area contributed by atoms with E-state index in [1.54, 1.807) is 0 Å². The zero-order valence-electron chi connectivity index (χ0n) is 8.11. The van der Waals surface area contributed by atoms with Gasteiger partial charge in [0, 0.05) is 12.3 Å². The Morgan fingerprint density at radius 1 is 1.19 bits per heavy atom. The van der Waals surface area contributed by atoms with E-state index < -0.39 is 11.6 Å². The number of hydrogen-bond acceptors (Lipinski definition) is 4. The summed E-state index contributed by atoms with van der Waals surface area (Å²) in [5.74, 6) is -0.747. The number of nitrogens with one attached hydrogen (secondary N) is 1. The third-order valence-corrected chi connectivity index (χ3v) is 1.87. The number of benzene rings is 1. The Kier molecular flexibility index (Phi) is 2.63. The van der Waals surface area contributed by atoms with Crippen molar-refractivity contribution in [2.24, 2.45) is 0 Å². The van der Waals surface area contributed by atoms with Crippen molar-refractivity contribution in [3.63, 3.8) is 0 Å². The molecule has 0 radical (unpaired) electrons. The number of nitrogens with two attached hydrogens (primary N) is 1. The fraction of sp³-hybridized carbons (Fsp3) is 0. The molecular weight excluding hydrogens is 214 g/mol. The van der Waals surface area contributed by atoms with Gasteiger partial charge < -0.3 is 11.1 Å². The Balaban J connectivity index is 2.30. The second kappa shape index (κ2) is 4.09. The molecule has 0 saturated heterocycles. The van der Waals surface area contributed by atoms with Gasteiger partial charge in [0.2, 0.25) is 5.95 Å². The smallest absolute Gasteiger partial charge is 0.221 e. The first-order valence-electron chi connectivity index (χ1n) is 4.46. The highest BCUT2D eigenvalue weighted by Crippen LogP contribution is 2.19. The summed E-state index contributed by atoms with van der Waals surface area (Å²) in [4.78, 5) is 7.49. The van der Waals surface area contributed by atoms with E-state index in [1.807, 2.05) is 0 Å². The molecule has 1 heterocycles. The monoisotopic (exact) mass is 222 g/mol. The Hall–Kier alpha value is -2.24. The molecule has 0 saturated carbocycles. The molecule has 0 aliphatic carbocycles. The molecule has 6 heteroatoms. The maximum Gasteiger partial charge on any atom is 0.221 e. The molecule has 0 atom stereocenters. The van der Waals surface area contributed by atoms with Gasteiger partial charge in [0.05, 0.1) is 5.69 Å². The van der Waals surface area contributed by atoms with Crippen LogP contribution in [0.4, 0.5) is 26.2 Å². The normalized spacial score (nSPS) is 10.1. The van der Waals surface area contributed by atoms with E-state index >= 15 is 0 Å². The summed E-state index contributed by atoms with van der Waals surface area (Å²) < 4.78 is 26.1. The summed E-state index contributed by atoms with van der Waals surface area (Å²) >= 11 is 0. The molecule has 0 amide bonds. The van der Waals surface area contributed by atoms with Gasteiger partial charge in [-0.3, -0.25) is 0 Å². The minimum absolute atomic E-state index is 0.00176. The highest BCUT2D eigenvalue weighted by atomic mass is 19.1. The average Bonchev–Trinajstić information content (AvgIpc) is 2.24. The maximum absolute atomic E-state index is 13.3. The summed E-state index contributed by atoms with van der Waals surface area (Å²) in [6, 6.07) is 4.60.